The summed E-state index contributed by atoms with van der Waals surface area (Å²) in [5.41, 5.74) is 1.60. The van der Waals surface area contributed by atoms with Crippen LogP contribution in [0.5, 0.6) is 0 Å². The minimum atomic E-state index is -0.409. The maximum absolute atomic E-state index is 12.9. The second-order valence-electron chi connectivity index (χ2n) is 7.74. The largest absolute Gasteiger partial charge is 0.380 e. The topological polar surface area (TPSA) is 80.6 Å². The van der Waals surface area contributed by atoms with Gasteiger partial charge in [-0.1, -0.05) is 0 Å². The molecule has 0 aromatic carbocycles. The van der Waals surface area contributed by atoms with Gasteiger partial charge in [-0.2, -0.15) is 0 Å². The number of pyridine rings is 1. The van der Waals surface area contributed by atoms with E-state index in [0.717, 1.165) is 12.1 Å². The summed E-state index contributed by atoms with van der Waals surface area (Å²) in [6.45, 7) is 1.76. The maximum atomic E-state index is 12.9. The van der Waals surface area contributed by atoms with E-state index in [9.17, 15) is 9.59 Å². The summed E-state index contributed by atoms with van der Waals surface area (Å²) in [5, 5.41) is 0. The van der Waals surface area contributed by atoms with Gasteiger partial charge < -0.3 is 19.1 Å². The molecule has 2 aliphatic heterocycles. The Morgan fingerprint density at radius 3 is 2.70 bits per heavy atom. The standard InChI is InChI=1S/C19H25N5O3/c1-22-11-14(27-3)9-19(18(22)26)4-6-24(7-5-19)17(25)13-8-15-16(20-10-13)23(2)12-21-15/h8,10,12,14H,4-7,9,11H2,1-3H3. The highest BCUT2D eigenvalue weighted by Crippen LogP contribution is 2.41. The second kappa shape index (κ2) is 6.60. The molecule has 4 heterocycles. The number of amides is 2. The van der Waals surface area contributed by atoms with E-state index >= 15 is 0 Å². The lowest BCUT2D eigenvalue weighted by Gasteiger charge is -2.47. The zero-order valence-corrected chi connectivity index (χ0v) is 16.0. The Labute approximate surface area is 158 Å². The normalized spacial score (nSPS) is 22.6. The Hall–Kier alpha value is -2.48. The lowest BCUT2D eigenvalue weighted by molar-refractivity contribution is -0.155. The van der Waals surface area contributed by atoms with Crippen molar-refractivity contribution in [3.63, 3.8) is 0 Å². The molecule has 0 N–H and O–H groups in total. The number of ether oxygens (including phenoxy) is 1. The Morgan fingerprint density at radius 1 is 1.26 bits per heavy atom. The molecular weight excluding hydrogens is 346 g/mol. The van der Waals surface area contributed by atoms with Crippen molar-refractivity contribution in [3.8, 4) is 0 Å². The van der Waals surface area contributed by atoms with Crippen molar-refractivity contribution in [2.45, 2.75) is 25.4 Å². The first kappa shape index (κ1) is 17.9. The van der Waals surface area contributed by atoms with E-state index in [1.54, 1.807) is 30.6 Å². The minimum Gasteiger partial charge on any atom is -0.380 e. The first-order chi connectivity index (χ1) is 12.9. The molecule has 2 aliphatic rings. The Morgan fingerprint density at radius 2 is 2.00 bits per heavy atom. The van der Waals surface area contributed by atoms with Crippen LogP contribution < -0.4 is 0 Å². The van der Waals surface area contributed by atoms with E-state index in [1.807, 2.05) is 23.6 Å². The van der Waals surface area contributed by atoms with Crippen molar-refractivity contribution >= 4 is 23.0 Å². The van der Waals surface area contributed by atoms with Gasteiger partial charge in [0.25, 0.3) is 5.91 Å². The number of carbonyl (C=O) groups excluding carboxylic acids is 2. The molecule has 144 valence electrons. The molecule has 0 bridgehead atoms. The van der Waals surface area contributed by atoms with Crippen LogP contribution in [0, 0.1) is 5.41 Å². The van der Waals surface area contributed by atoms with Crippen LogP contribution in [0.15, 0.2) is 18.6 Å². The summed E-state index contributed by atoms with van der Waals surface area (Å²) in [7, 11) is 5.40. The first-order valence-corrected chi connectivity index (χ1v) is 9.28. The van der Waals surface area contributed by atoms with Crippen molar-refractivity contribution < 1.29 is 14.3 Å². The number of nitrogens with zero attached hydrogens (tertiary/aromatic N) is 5. The third-order valence-electron chi connectivity index (χ3n) is 6.04. The van der Waals surface area contributed by atoms with E-state index in [-0.39, 0.29) is 17.9 Å². The molecule has 0 radical (unpaired) electrons. The van der Waals surface area contributed by atoms with E-state index in [1.165, 1.54) is 0 Å². The predicted octanol–water partition coefficient (Wildman–Crippen LogP) is 1.07. The number of aromatic nitrogens is 3. The van der Waals surface area contributed by atoms with Crippen LogP contribution in [0.1, 0.15) is 29.6 Å². The number of imidazole rings is 1. The molecule has 0 aliphatic carbocycles. The molecule has 0 saturated carbocycles. The van der Waals surface area contributed by atoms with Gasteiger partial charge in [-0.25, -0.2) is 9.97 Å². The molecule has 1 unspecified atom stereocenters. The summed E-state index contributed by atoms with van der Waals surface area (Å²) < 4.78 is 7.36. The lowest BCUT2D eigenvalue weighted by Crippen LogP contribution is -2.57. The molecule has 4 rings (SSSR count). The van der Waals surface area contributed by atoms with Crippen molar-refractivity contribution in [3.05, 3.63) is 24.2 Å². The Balaban J connectivity index is 1.49. The van der Waals surface area contributed by atoms with Crippen molar-refractivity contribution in [1.82, 2.24) is 24.3 Å². The average molecular weight is 371 g/mol. The quantitative estimate of drug-likeness (QED) is 0.789. The molecule has 2 aromatic heterocycles. The van der Waals surface area contributed by atoms with Crippen LogP contribution in [0.25, 0.3) is 11.2 Å². The van der Waals surface area contributed by atoms with E-state index in [2.05, 4.69) is 9.97 Å². The van der Waals surface area contributed by atoms with E-state index < -0.39 is 5.41 Å². The molecular formula is C19H25N5O3. The molecule has 2 amide bonds. The number of fused-ring (bicyclic) bond motifs is 1. The fraction of sp³-hybridized carbons (Fsp3) is 0.579. The van der Waals surface area contributed by atoms with Crippen LogP contribution >= 0.6 is 0 Å². The SMILES string of the molecule is COC1CN(C)C(=O)C2(CCN(C(=O)c3cnc4c(c3)ncn4C)CC2)C1. The van der Waals surface area contributed by atoms with Gasteiger partial charge in [0.05, 0.1) is 23.4 Å². The van der Waals surface area contributed by atoms with Gasteiger partial charge in [0.1, 0.15) is 5.52 Å². The Kier molecular flexibility index (Phi) is 4.38. The molecule has 8 heteroatoms. The van der Waals surface area contributed by atoms with Crippen LogP contribution in [0.3, 0.4) is 0 Å². The maximum Gasteiger partial charge on any atom is 0.255 e. The fourth-order valence-electron chi connectivity index (χ4n) is 4.41. The highest BCUT2D eigenvalue weighted by Gasteiger charge is 2.48. The number of rotatable bonds is 2. The number of likely N-dealkylation sites (N-methyl/N-ethyl adjacent to an activating group) is 1. The number of hydrogen-bond acceptors (Lipinski definition) is 5. The molecule has 2 saturated heterocycles. The number of hydrogen-bond donors (Lipinski definition) is 0. The van der Waals surface area contributed by atoms with Crippen molar-refractivity contribution in [2.75, 3.05) is 33.8 Å². The zero-order valence-electron chi connectivity index (χ0n) is 16.0. The van der Waals surface area contributed by atoms with Crippen LogP contribution in [-0.2, 0) is 16.6 Å². The van der Waals surface area contributed by atoms with Gasteiger partial charge in [-0.05, 0) is 25.3 Å². The molecule has 1 spiro atoms. The van der Waals surface area contributed by atoms with Gasteiger partial charge in [0.15, 0.2) is 5.65 Å². The van der Waals surface area contributed by atoms with Gasteiger partial charge >= 0.3 is 0 Å². The first-order valence-electron chi connectivity index (χ1n) is 9.28. The molecule has 1 atom stereocenters. The highest BCUT2D eigenvalue weighted by molar-refractivity contribution is 5.96. The summed E-state index contributed by atoms with van der Waals surface area (Å²) in [6, 6.07) is 1.79. The number of methoxy groups -OCH3 is 1. The van der Waals surface area contributed by atoms with Gasteiger partial charge in [0.2, 0.25) is 5.91 Å². The van der Waals surface area contributed by atoms with Gasteiger partial charge in [-0.3, -0.25) is 9.59 Å². The van der Waals surface area contributed by atoms with Crippen molar-refractivity contribution in [1.29, 1.82) is 0 Å². The summed E-state index contributed by atoms with van der Waals surface area (Å²) in [5.74, 6) is 0.129. The fourth-order valence-corrected chi connectivity index (χ4v) is 4.41. The molecule has 8 nitrogen and oxygen atoms in total. The third kappa shape index (κ3) is 2.97. The summed E-state index contributed by atoms with van der Waals surface area (Å²) in [6.07, 6.45) is 5.43. The van der Waals surface area contributed by atoms with Crippen molar-refractivity contribution in [2.24, 2.45) is 12.5 Å². The van der Waals surface area contributed by atoms with Gasteiger partial charge in [-0.15, -0.1) is 0 Å². The monoisotopic (exact) mass is 371 g/mol. The molecule has 2 fully saturated rings. The van der Waals surface area contributed by atoms with Gasteiger partial charge in [0, 0.05) is 47.0 Å². The smallest absolute Gasteiger partial charge is 0.255 e. The summed E-state index contributed by atoms with van der Waals surface area (Å²) >= 11 is 0. The minimum absolute atomic E-state index is 0.0511. The van der Waals surface area contributed by atoms with E-state index in [4.69, 9.17) is 4.74 Å². The lowest BCUT2D eigenvalue weighted by atomic mass is 9.71. The predicted molar refractivity (Wildman–Crippen MR) is 99.1 cm³/mol. The van der Waals surface area contributed by atoms with Crippen LogP contribution in [0.2, 0.25) is 0 Å². The Bertz CT molecular complexity index is 885. The summed E-state index contributed by atoms with van der Waals surface area (Å²) in [4.78, 5) is 38.0. The number of likely N-dealkylation sites (tertiary alicyclic amines) is 2. The second-order valence-corrected chi connectivity index (χ2v) is 7.74. The highest BCUT2D eigenvalue weighted by atomic mass is 16.5. The average Bonchev–Trinajstić information content (AvgIpc) is 3.06. The molecule has 27 heavy (non-hydrogen) atoms. The number of carbonyl (C=O) groups is 2. The number of aryl methyl sites for hydroxylation is 1. The molecule has 2 aromatic rings. The van der Waals surface area contributed by atoms with Crippen LogP contribution in [0.4, 0.5) is 0 Å². The zero-order chi connectivity index (χ0) is 19.2. The number of piperidine rings is 2. The van der Waals surface area contributed by atoms with Crippen LogP contribution in [-0.4, -0.2) is 76.0 Å². The van der Waals surface area contributed by atoms with E-state index in [0.29, 0.717) is 43.6 Å². The third-order valence-corrected chi connectivity index (χ3v) is 6.04.